The highest BCUT2D eigenvalue weighted by molar-refractivity contribution is 5.93. The lowest BCUT2D eigenvalue weighted by Crippen LogP contribution is -2.30. The molecule has 1 aliphatic rings. The zero-order valence-corrected chi connectivity index (χ0v) is 14.7. The summed E-state index contributed by atoms with van der Waals surface area (Å²) in [6.07, 6.45) is 2.94. The van der Waals surface area contributed by atoms with Crippen LogP contribution in [0.3, 0.4) is 0 Å². The second-order valence-corrected chi connectivity index (χ2v) is 6.25. The van der Waals surface area contributed by atoms with Gasteiger partial charge in [0.25, 0.3) is 5.91 Å². The van der Waals surface area contributed by atoms with Gasteiger partial charge in [0.2, 0.25) is 0 Å². The van der Waals surface area contributed by atoms with Gasteiger partial charge in [-0.2, -0.15) is 0 Å². The van der Waals surface area contributed by atoms with Crippen molar-refractivity contribution in [2.45, 2.75) is 32.2 Å². The number of para-hydroxylation sites is 1. The molecule has 2 aromatic carbocycles. The summed E-state index contributed by atoms with van der Waals surface area (Å²) in [5.74, 6) is 0.495. The molecule has 0 aliphatic heterocycles. The van der Waals surface area contributed by atoms with Crippen molar-refractivity contribution in [3.63, 3.8) is 0 Å². The van der Waals surface area contributed by atoms with Gasteiger partial charge in [-0.15, -0.1) is 0 Å². The van der Waals surface area contributed by atoms with Gasteiger partial charge in [-0.25, -0.2) is 4.79 Å². The van der Waals surface area contributed by atoms with Crippen LogP contribution in [0.5, 0.6) is 5.75 Å². The Hall–Kier alpha value is -3.02. The van der Waals surface area contributed by atoms with E-state index in [1.165, 1.54) is 0 Å². The Bertz CT molecular complexity index is 770. The van der Waals surface area contributed by atoms with Crippen LogP contribution in [-0.4, -0.2) is 24.6 Å². The summed E-state index contributed by atoms with van der Waals surface area (Å²) >= 11 is 0. The number of rotatable bonds is 7. The van der Waals surface area contributed by atoms with Crippen LogP contribution in [0.2, 0.25) is 0 Å². The lowest BCUT2D eigenvalue weighted by Gasteiger charge is -2.11. The number of aryl methyl sites for hydroxylation is 1. The van der Waals surface area contributed by atoms with Gasteiger partial charge in [0.1, 0.15) is 5.75 Å². The molecule has 0 spiro atoms. The van der Waals surface area contributed by atoms with Gasteiger partial charge < -0.3 is 20.7 Å². The Morgan fingerprint density at radius 3 is 2.31 bits per heavy atom. The Morgan fingerprint density at radius 1 is 1.00 bits per heavy atom. The lowest BCUT2D eigenvalue weighted by molar-refractivity contribution is -0.118. The van der Waals surface area contributed by atoms with E-state index in [1.807, 2.05) is 31.2 Å². The van der Waals surface area contributed by atoms with Crippen molar-refractivity contribution >= 4 is 23.3 Å². The van der Waals surface area contributed by atoms with Crippen molar-refractivity contribution in [2.75, 3.05) is 17.2 Å². The molecule has 0 radical (unpaired) electrons. The molecular formula is C20H23N3O3. The van der Waals surface area contributed by atoms with Crippen molar-refractivity contribution in [3.8, 4) is 5.75 Å². The van der Waals surface area contributed by atoms with Crippen LogP contribution >= 0.6 is 0 Å². The summed E-state index contributed by atoms with van der Waals surface area (Å²) in [5, 5.41) is 8.40. The van der Waals surface area contributed by atoms with Gasteiger partial charge in [0.05, 0.1) is 0 Å². The molecule has 0 atom stereocenters. The monoisotopic (exact) mass is 353 g/mol. The molecule has 6 heteroatoms. The molecule has 0 unspecified atom stereocenters. The Balaban J connectivity index is 1.47. The Kier molecular flexibility index (Phi) is 5.73. The molecule has 1 aliphatic carbocycles. The fraction of sp³-hybridized carbons (Fsp3) is 0.300. The minimum Gasteiger partial charge on any atom is -0.483 e. The number of hydrogen-bond donors (Lipinski definition) is 3. The smallest absolute Gasteiger partial charge is 0.319 e. The first-order valence-corrected chi connectivity index (χ1v) is 8.82. The summed E-state index contributed by atoms with van der Waals surface area (Å²) in [4.78, 5) is 23.7. The highest BCUT2D eigenvalue weighted by Crippen LogP contribution is 2.20. The number of nitrogens with one attached hydrogen (secondary N) is 3. The highest BCUT2D eigenvalue weighted by Gasteiger charge is 2.23. The quantitative estimate of drug-likeness (QED) is 0.712. The molecule has 1 saturated carbocycles. The van der Waals surface area contributed by atoms with E-state index in [-0.39, 0.29) is 18.5 Å². The maximum Gasteiger partial charge on any atom is 0.319 e. The van der Waals surface area contributed by atoms with Crippen LogP contribution in [-0.2, 0) is 11.2 Å². The molecular weight excluding hydrogens is 330 g/mol. The number of anilines is 2. The molecule has 3 rings (SSSR count). The Morgan fingerprint density at radius 2 is 1.65 bits per heavy atom. The zero-order valence-electron chi connectivity index (χ0n) is 14.7. The van der Waals surface area contributed by atoms with Crippen LogP contribution in [0.4, 0.5) is 16.2 Å². The molecule has 3 amide bonds. The second kappa shape index (κ2) is 8.38. The van der Waals surface area contributed by atoms with E-state index in [9.17, 15) is 9.59 Å². The summed E-state index contributed by atoms with van der Waals surface area (Å²) in [6, 6.07) is 14.8. The van der Waals surface area contributed by atoms with Gasteiger partial charge in [0, 0.05) is 17.4 Å². The average Bonchev–Trinajstić information content (AvgIpc) is 3.45. The first kappa shape index (κ1) is 17.8. The number of urea groups is 1. The third-order valence-electron chi connectivity index (χ3n) is 4.05. The molecule has 3 N–H and O–H groups in total. The Labute approximate surface area is 152 Å². The van der Waals surface area contributed by atoms with Gasteiger partial charge in [-0.1, -0.05) is 25.1 Å². The second-order valence-electron chi connectivity index (χ2n) is 6.25. The van der Waals surface area contributed by atoms with Crippen molar-refractivity contribution in [2.24, 2.45) is 0 Å². The van der Waals surface area contributed by atoms with Gasteiger partial charge in [-0.05, 0) is 55.2 Å². The number of ether oxygens (including phenoxy) is 1. The third-order valence-corrected chi connectivity index (χ3v) is 4.05. The summed E-state index contributed by atoms with van der Waals surface area (Å²) in [6.45, 7) is 1.99. The summed E-state index contributed by atoms with van der Waals surface area (Å²) in [7, 11) is 0. The standard InChI is InChI=1S/C20H23N3O3/c1-2-14-5-3-4-6-18(14)26-13-19(24)21-15-7-9-16(10-8-15)22-20(25)23-17-11-12-17/h3-10,17H,2,11-13H2,1H3,(H,21,24)(H2,22,23,25). The molecule has 136 valence electrons. The van der Waals surface area contributed by atoms with Crippen molar-refractivity contribution in [1.29, 1.82) is 0 Å². The number of hydrogen-bond acceptors (Lipinski definition) is 3. The highest BCUT2D eigenvalue weighted by atomic mass is 16.5. The summed E-state index contributed by atoms with van der Waals surface area (Å²) < 4.78 is 5.60. The van der Waals surface area contributed by atoms with Crippen LogP contribution in [0.15, 0.2) is 48.5 Å². The van der Waals surface area contributed by atoms with E-state index in [0.29, 0.717) is 17.4 Å². The average molecular weight is 353 g/mol. The molecule has 0 saturated heterocycles. The number of benzene rings is 2. The fourth-order valence-corrected chi connectivity index (χ4v) is 2.49. The lowest BCUT2D eigenvalue weighted by atomic mass is 10.1. The topological polar surface area (TPSA) is 79.5 Å². The van der Waals surface area contributed by atoms with Crippen LogP contribution in [0.1, 0.15) is 25.3 Å². The number of amides is 3. The van der Waals surface area contributed by atoms with Gasteiger partial charge in [0.15, 0.2) is 6.61 Å². The molecule has 6 nitrogen and oxygen atoms in total. The van der Waals surface area contributed by atoms with E-state index >= 15 is 0 Å². The third kappa shape index (κ3) is 5.24. The largest absolute Gasteiger partial charge is 0.483 e. The number of carbonyl (C=O) groups is 2. The van der Waals surface area contributed by atoms with Crippen molar-refractivity contribution in [1.82, 2.24) is 5.32 Å². The fourth-order valence-electron chi connectivity index (χ4n) is 2.49. The minimum atomic E-state index is -0.233. The summed E-state index contributed by atoms with van der Waals surface area (Å²) in [5.41, 5.74) is 2.39. The van der Waals surface area contributed by atoms with Crippen molar-refractivity contribution in [3.05, 3.63) is 54.1 Å². The first-order valence-electron chi connectivity index (χ1n) is 8.82. The van der Waals surface area contributed by atoms with Gasteiger partial charge in [-0.3, -0.25) is 4.79 Å². The molecule has 0 aromatic heterocycles. The molecule has 0 heterocycles. The van der Waals surface area contributed by atoms with E-state index in [0.717, 1.165) is 30.6 Å². The first-order chi connectivity index (χ1) is 12.6. The normalized spacial score (nSPS) is 13.0. The zero-order chi connectivity index (χ0) is 18.4. The predicted molar refractivity (Wildman–Crippen MR) is 102 cm³/mol. The maximum absolute atomic E-state index is 12.1. The van der Waals surface area contributed by atoms with Gasteiger partial charge >= 0.3 is 6.03 Å². The van der Waals surface area contributed by atoms with E-state index < -0.39 is 0 Å². The van der Waals surface area contributed by atoms with Crippen molar-refractivity contribution < 1.29 is 14.3 Å². The van der Waals surface area contributed by atoms with Crippen LogP contribution in [0.25, 0.3) is 0 Å². The molecule has 2 aromatic rings. The maximum atomic E-state index is 12.1. The predicted octanol–water partition coefficient (Wildman–Crippen LogP) is 3.55. The molecule has 1 fully saturated rings. The van der Waals surface area contributed by atoms with E-state index in [4.69, 9.17) is 4.74 Å². The van der Waals surface area contributed by atoms with Crippen LogP contribution in [0, 0.1) is 0 Å². The molecule has 0 bridgehead atoms. The number of carbonyl (C=O) groups excluding carboxylic acids is 2. The van der Waals surface area contributed by atoms with E-state index in [2.05, 4.69) is 16.0 Å². The molecule has 26 heavy (non-hydrogen) atoms. The van der Waals surface area contributed by atoms with E-state index in [1.54, 1.807) is 24.3 Å². The SMILES string of the molecule is CCc1ccccc1OCC(=O)Nc1ccc(NC(=O)NC2CC2)cc1. The minimum absolute atomic E-state index is 0.0548. The van der Waals surface area contributed by atoms with Crippen LogP contribution < -0.4 is 20.7 Å².